The van der Waals surface area contributed by atoms with Gasteiger partial charge in [-0.25, -0.2) is 0 Å². The van der Waals surface area contributed by atoms with Crippen molar-refractivity contribution in [2.45, 2.75) is 33.1 Å². The summed E-state index contributed by atoms with van der Waals surface area (Å²) < 4.78 is 0. The van der Waals surface area contributed by atoms with Crippen molar-refractivity contribution in [3.8, 4) is 0 Å². The fourth-order valence-corrected chi connectivity index (χ4v) is 3.26. The molecule has 1 aromatic carbocycles. The van der Waals surface area contributed by atoms with Crippen molar-refractivity contribution < 1.29 is 14.7 Å². The number of halogens is 1. The third-order valence-electron chi connectivity index (χ3n) is 4.34. The van der Waals surface area contributed by atoms with Crippen LogP contribution in [0.15, 0.2) is 18.2 Å². The van der Waals surface area contributed by atoms with Gasteiger partial charge in [-0.05, 0) is 49.4 Å². The first-order chi connectivity index (χ1) is 9.92. The standard InChI is InChI=1S/C16H20ClNO3/c1-3-10-7-12(13(8-10)16(20)21)15(19)18-14-5-4-11(17)6-9(14)2/h4-6,10,12-13H,3,7-8H2,1-2H3,(H,18,19)(H,20,21). The molecule has 3 atom stereocenters. The Morgan fingerprint density at radius 3 is 2.57 bits per heavy atom. The zero-order chi connectivity index (χ0) is 15.6. The van der Waals surface area contributed by atoms with Gasteiger partial charge in [-0.15, -0.1) is 0 Å². The maximum Gasteiger partial charge on any atom is 0.307 e. The number of hydrogen-bond acceptors (Lipinski definition) is 2. The molecule has 2 rings (SSSR count). The number of carbonyl (C=O) groups is 2. The monoisotopic (exact) mass is 309 g/mol. The predicted molar refractivity (Wildman–Crippen MR) is 82.4 cm³/mol. The predicted octanol–water partition coefficient (Wildman–Crippen LogP) is 3.72. The molecule has 114 valence electrons. The molecule has 4 nitrogen and oxygen atoms in total. The van der Waals surface area contributed by atoms with Crippen LogP contribution in [0.25, 0.3) is 0 Å². The summed E-state index contributed by atoms with van der Waals surface area (Å²) in [4.78, 5) is 23.8. The number of aliphatic carboxylic acids is 1. The van der Waals surface area contributed by atoms with Gasteiger partial charge in [0.25, 0.3) is 0 Å². The van der Waals surface area contributed by atoms with E-state index in [9.17, 15) is 14.7 Å². The number of benzene rings is 1. The number of nitrogens with one attached hydrogen (secondary N) is 1. The van der Waals surface area contributed by atoms with Crippen LogP contribution in [0.2, 0.25) is 5.02 Å². The second-order valence-corrected chi connectivity index (χ2v) is 6.18. The Morgan fingerprint density at radius 2 is 2.00 bits per heavy atom. The summed E-state index contributed by atoms with van der Waals surface area (Å²) in [6, 6.07) is 5.23. The van der Waals surface area contributed by atoms with Crippen molar-refractivity contribution in [1.29, 1.82) is 0 Å². The molecule has 3 unspecified atom stereocenters. The Morgan fingerprint density at radius 1 is 1.33 bits per heavy atom. The Kier molecular flexibility index (Phi) is 4.88. The molecule has 0 bridgehead atoms. The number of carboxylic acid groups (broad SMARTS) is 1. The lowest BCUT2D eigenvalue weighted by atomic mass is 9.95. The summed E-state index contributed by atoms with van der Waals surface area (Å²) >= 11 is 5.89. The van der Waals surface area contributed by atoms with Crippen molar-refractivity contribution >= 4 is 29.2 Å². The third-order valence-corrected chi connectivity index (χ3v) is 4.57. The van der Waals surface area contributed by atoms with Crippen LogP contribution in [-0.2, 0) is 9.59 Å². The summed E-state index contributed by atoms with van der Waals surface area (Å²) in [6.45, 7) is 3.90. The number of carbonyl (C=O) groups excluding carboxylic acids is 1. The molecule has 2 N–H and O–H groups in total. The normalized spacial score (nSPS) is 24.8. The van der Waals surface area contributed by atoms with Crippen molar-refractivity contribution in [2.75, 3.05) is 5.32 Å². The van der Waals surface area contributed by atoms with E-state index < -0.39 is 17.8 Å². The molecular weight excluding hydrogens is 290 g/mol. The molecule has 5 heteroatoms. The molecule has 1 aliphatic rings. The van der Waals surface area contributed by atoms with E-state index >= 15 is 0 Å². The van der Waals surface area contributed by atoms with Crippen LogP contribution in [0.4, 0.5) is 5.69 Å². The number of anilines is 1. The van der Waals surface area contributed by atoms with Crippen molar-refractivity contribution in [2.24, 2.45) is 17.8 Å². The summed E-state index contributed by atoms with van der Waals surface area (Å²) in [5.74, 6) is -1.80. The van der Waals surface area contributed by atoms with E-state index in [-0.39, 0.29) is 5.91 Å². The maximum atomic E-state index is 12.4. The topological polar surface area (TPSA) is 66.4 Å². The number of carboxylic acids is 1. The van der Waals surface area contributed by atoms with Gasteiger partial charge in [0.15, 0.2) is 0 Å². The molecule has 21 heavy (non-hydrogen) atoms. The van der Waals surface area contributed by atoms with E-state index in [1.165, 1.54) is 0 Å². The number of hydrogen-bond donors (Lipinski definition) is 2. The highest BCUT2D eigenvalue weighted by Gasteiger charge is 2.42. The number of amides is 1. The van der Waals surface area contributed by atoms with Crippen molar-refractivity contribution in [1.82, 2.24) is 0 Å². The molecule has 1 aromatic rings. The second kappa shape index (κ2) is 6.48. The molecule has 0 aliphatic heterocycles. The SMILES string of the molecule is CCC1CC(C(=O)O)C(C(=O)Nc2ccc(Cl)cc2C)C1. The largest absolute Gasteiger partial charge is 0.481 e. The molecule has 0 saturated heterocycles. The molecule has 0 aromatic heterocycles. The summed E-state index contributed by atoms with van der Waals surface area (Å²) in [5.41, 5.74) is 1.56. The van der Waals surface area contributed by atoms with Crippen LogP contribution in [0.1, 0.15) is 31.7 Å². The van der Waals surface area contributed by atoms with Crippen LogP contribution >= 0.6 is 11.6 Å². The minimum absolute atomic E-state index is 0.205. The Hall–Kier alpha value is -1.55. The van der Waals surface area contributed by atoms with Crippen molar-refractivity contribution in [3.05, 3.63) is 28.8 Å². The highest BCUT2D eigenvalue weighted by Crippen LogP contribution is 2.39. The highest BCUT2D eigenvalue weighted by molar-refractivity contribution is 6.30. The van der Waals surface area contributed by atoms with Crippen molar-refractivity contribution in [3.63, 3.8) is 0 Å². The number of rotatable bonds is 4. The first-order valence-corrected chi connectivity index (χ1v) is 7.60. The summed E-state index contributed by atoms with van der Waals surface area (Å²) in [5, 5.41) is 12.8. The van der Waals surface area contributed by atoms with Crippen LogP contribution in [0.3, 0.4) is 0 Å². The van der Waals surface area contributed by atoms with Crippen LogP contribution < -0.4 is 5.32 Å². The summed E-state index contributed by atoms with van der Waals surface area (Å²) in [7, 11) is 0. The van der Waals surface area contributed by atoms with E-state index in [2.05, 4.69) is 5.32 Å². The second-order valence-electron chi connectivity index (χ2n) is 5.75. The molecular formula is C16H20ClNO3. The number of aryl methyl sites for hydroxylation is 1. The fourth-order valence-electron chi connectivity index (χ4n) is 3.03. The average Bonchev–Trinajstić information content (AvgIpc) is 2.86. The third kappa shape index (κ3) is 3.56. The minimum Gasteiger partial charge on any atom is -0.481 e. The quantitative estimate of drug-likeness (QED) is 0.890. The molecule has 0 spiro atoms. The zero-order valence-electron chi connectivity index (χ0n) is 12.2. The van der Waals surface area contributed by atoms with E-state index in [1.54, 1.807) is 18.2 Å². The highest BCUT2D eigenvalue weighted by atomic mass is 35.5. The molecule has 1 saturated carbocycles. The average molecular weight is 310 g/mol. The van der Waals surface area contributed by atoms with E-state index in [0.717, 1.165) is 12.0 Å². The Balaban J connectivity index is 2.13. The molecule has 1 amide bonds. The molecule has 1 aliphatic carbocycles. The summed E-state index contributed by atoms with van der Waals surface area (Å²) in [6.07, 6.45) is 2.14. The molecule has 0 heterocycles. The minimum atomic E-state index is -0.876. The van der Waals surface area contributed by atoms with E-state index in [0.29, 0.717) is 29.5 Å². The van der Waals surface area contributed by atoms with Gasteiger partial charge in [0.1, 0.15) is 0 Å². The van der Waals surface area contributed by atoms with Gasteiger partial charge in [-0.3, -0.25) is 9.59 Å². The molecule has 1 fully saturated rings. The van der Waals surface area contributed by atoms with Gasteiger partial charge in [-0.2, -0.15) is 0 Å². The Labute approximate surface area is 129 Å². The molecule has 0 radical (unpaired) electrons. The first-order valence-electron chi connectivity index (χ1n) is 7.22. The fraction of sp³-hybridized carbons (Fsp3) is 0.500. The maximum absolute atomic E-state index is 12.4. The van der Waals surface area contributed by atoms with Gasteiger partial charge in [0, 0.05) is 10.7 Å². The lowest BCUT2D eigenvalue weighted by Crippen LogP contribution is -2.30. The van der Waals surface area contributed by atoms with Gasteiger partial charge < -0.3 is 10.4 Å². The zero-order valence-corrected chi connectivity index (χ0v) is 13.0. The smallest absolute Gasteiger partial charge is 0.307 e. The Bertz CT molecular complexity index is 558. The van der Waals surface area contributed by atoms with E-state index in [1.807, 2.05) is 13.8 Å². The lowest BCUT2D eigenvalue weighted by molar-refractivity contribution is -0.145. The van der Waals surface area contributed by atoms with Crippen LogP contribution in [-0.4, -0.2) is 17.0 Å². The van der Waals surface area contributed by atoms with Gasteiger partial charge in [-0.1, -0.05) is 24.9 Å². The van der Waals surface area contributed by atoms with Gasteiger partial charge >= 0.3 is 5.97 Å². The van der Waals surface area contributed by atoms with E-state index in [4.69, 9.17) is 11.6 Å². The van der Waals surface area contributed by atoms with Crippen LogP contribution in [0, 0.1) is 24.7 Å². The lowest BCUT2D eigenvalue weighted by Gasteiger charge is -2.16. The van der Waals surface area contributed by atoms with Gasteiger partial charge in [0.05, 0.1) is 11.8 Å². The van der Waals surface area contributed by atoms with Gasteiger partial charge in [0.2, 0.25) is 5.91 Å². The van der Waals surface area contributed by atoms with Crippen LogP contribution in [0.5, 0.6) is 0 Å². The first kappa shape index (κ1) is 15.8.